The van der Waals surface area contributed by atoms with Crippen LogP contribution in [0.5, 0.6) is 0 Å². The summed E-state index contributed by atoms with van der Waals surface area (Å²) >= 11 is 0. The Morgan fingerprint density at radius 3 is 2.28 bits per heavy atom. The molecule has 0 bridgehead atoms. The van der Waals surface area contributed by atoms with Crippen LogP contribution in [0.1, 0.15) is 53.4 Å². The lowest BCUT2D eigenvalue weighted by molar-refractivity contribution is -0.146. The molecule has 0 fully saturated rings. The molecule has 0 spiro atoms. The summed E-state index contributed by atoms with van der Waals surface area (Å²) in [6.45, 7) is 7.33. The molecule has 146 valence electrons. The van der Waals surface area contributed by atoms with Crippen molar-refractivity contribution in [1.29, 1.82) is 0 Å². The van der Waals surface area contributed by atoms with Gasteiger partial charge >= 0.3 is 12.1 Å². The highest BCUT2D eigenvalue weighted by Gasteiger charge is 2.26. The van der Waals surface area contributed by atoms with Crippen molar-refractivity contribution in [2.45, 2.75) is 65.0 Å². The predicted molar refractivity (Wildman–Crippen MR) is 99.3 cm³/mol. The third-order valence-corrected chi connectivity index (χ3v) is 3.64. The number of unbranched alkanes of at least 4 members (excludes halogenated alkanes) is 1. The highest BCUT2D eigenvalue weighted by molar-refractivity contribution is 8.01. The molecule has 0 aromatic carbocycles. The van der Waals surface area contributed by atoms with E-state index in [4.69, 9.17) is 9.47 Å². The van der Waals surface area contributed by atoms with E-state index in [1.807, 2.05) is 6.92 Å². The highest BCUT2D eigenvalue weighted by Crippen LogP contribution is 2.09. The standard InChI is InChI=1S/C17H31NO6S/c1-7-8-11-23-15(20)14(18-16(21)24-17(2,3)4)10-9-13(19)12-25(5,6)22/h12,14H,7-11H2,1-6H3,(H,18,21)/t14-/m0/s1. The minimum Gasteiger partial charge on any atom is -0.464 e. The Balaban J connectivity index is 4.89. The SMILES string of the molecule is CCCCOC(=O)[C@H](CCC(=O)C=S(C)(C)=O)NC(=O)OC(C)(C)C. The molecule has 0 aromatic heterocycles. The lowest BCUT2D eigenvalue weighted by Gasteiger charge is -2.22. The van der Waals surface area contributed by atoms with E-state index in [0.717, 1.165) is 11.8 Å². The average molecular weight is 378 g/mol. The molecule has 1 atom stereocenters. The number of hydrogen-bond acceptors (Lipinski definition) is 6. The summed E-state index contributed by atoms with van der Waals surface area (Å²) < 4.78 is 21.9. The Labute approximate surface area is 150 Å². The maximum atomic E-state index is 12.1. The molecule has 0 heterocycles. The number of ketones is 1. The van der Waals surface area contributed by atoms with Crippen LogP contribution in [0.4, 0.5) is 4.79 Å². The molecule has 0 aliphatic rings. The number of ether oxygens (including phenoxy) is 2. The smallest absolute Gasteiger partial charge is 0.408 e. The summed E-state index contributed by atoms with van der Waals surface area (Å²) in [5.41, 5.74) is -0.708. The largest absolute Gasteiger partial charge is 0.464 e. The summed E-state index contributed by atoms with van der Waals surface area (Å²) in [4.78, 5) is 35.9. The highest BCUT2D eigenvalue weighted by atomic mass is 32.2. The molecule has 7 nitrogen and oxygen atoms in total. The van der Waals surface area contributed by atoms with E-state index >= 15 is 0 Å². The van der Waals surface area contributed by atoms with Crippen LogP contribution in [0.2, 0.25) is 0 Å². The first-order chi connectivity index (χ1) is 11.3. The van der Waals surface area contributed by atoms with Crippen molar-refractivity contribution < 1.29 is 28.1 Å². The van der Waals surface area contributed by atoms with E-state index in [0.29, 0.717) is 6.42 Å². The summed E-state index contributed by atoms with van der Waals surface area (Å²) in [5.74, 6) is -0.951. The minimum atomic E-state index is -2.31. The van der Waals surface area contributed by atoms with Crippen molar-refractivity contribution in [3.05, 3.63) is 0 Å². The second-order valence-corrected chi connectivity index (χ2v) is 10.0. The van der Waals surface area contributed by atoms with Gasteiger partial charge < -0.3 is 14.8 Å². The number of carbonyl (C=O) groups is 3. The number of nitrogens with one attached hydrogen (secondary N) is 1. The van der Waals surface area contributed by atoms with E-state index < -0.39 is 33.2 Å². The van der Waals surface area contributed by atoms with Gasteiger partial charge in [0.15, 0.2) is 5.78 Å². The van der Waals surface area contributed by atoms with Gasteiger partial charge in [0.2, 0.25) is 0 Å². The number of esters is 1. The molecule has 0 saturated carbocycles. The lowest BCUT2D eigenvalue weighted by atomic mass is 10.1. The Hall–Kier alpha value is -1.57. The second-order valence-electron chi connectivity index (χ2n) is 7.15. The van der Waals surface area contributed by atoms with Crippen molar-refractivity contribution in [2.75, 3.05) is 19.1 Å². The molecule has 1 amide bonds. The Kier molecular flexibility index (Phi) is 9.77. The van der Waals surface area contributed by atoms with Gasteiger partial charge in [-0.3, -0.25) is 9.00 Å². The van der Waals surface area contributed by atoms with E-state index in [1.165, 1.54) is 12.5 Å². The molecule has 1 N–H and O–H groups in total. The fourth-order valence-corrected chi connectivity index (χ4v) is 2.53. The molecule has 0 aromatic rings. The van der Waals surface area contributed by atoms with Crippen molar-refractivity contribution in [3.8, 4) is 0 Å². The second kappa shape index (κ2) is 10.4. The minimum absolute atomic E-state index is 0.0258. The number of alkyl carbamates (subject to hydrolysis) is 1. The molecule has 0 saturated heterocycles. The molecular weight excluding hydrogens is 346 g/mol. The maximum Gasteiger partial charge on any atom is 0.408 e. The van der Waals surface area contributed by atoms with Crippen molar-refractivity contribution in [2.24, 2.45) is 0 Å². The molecule has 0 aliphatic heterocycles. The Morgan fingerprint density at radius 1 is 1.20 bits per heavy atom. The third kappa shape index (κ3) is 13.4. The van der Waals surface area contributed by atoms with Gasteiger partial charge in [-0.15, -0.1) is 0 Å². The monoisotopic (exact) mass is 377 g/mol. The first-order valence-electron chi connectivity index (χ1n) is 8.32. The van der Waals surface area contributed by atoms with Gasteiger partial charge in [-0.25, -0.2) is 9.59 Å². The molecule has 0 rings (SSSR count). The molecule has 0 radical (unpaired) electrons. The van der Waals surface area contributed by atoms with Crippen LogP contribution in [0.25, 0.3) is 0 Å². The number of hydrogen-bond donors (Lipinski definition) is 1. The third-order valence-electron chi connectivity index (χ3n) is 2.81. The zero-order valence-corrected chi connectivity index (χ0v) is 16.9. The molecule has 0 unspecified atom stereocenters. The van der Waals surface area contributed by atoms with Gasteiger partial charge in [0.05, 0.1) is 6.61 Å². The van der Waals surface area contributed by atoms with E-state index in [2.05, 4.69) is 5.32 Å². The van der Waals surface area contributed by atoms with Crippen molar-refractivity contribution in [3.63, 3.8) is 0 Å². The number of carbonyl (C=O) groups excluding carboxylic acids is 3. The quantitative estimate of drug-likeness (QED) is 0.374. The Bertz CT molecular complexity index is 576. The molecule has 0 aliphatic carbocycles. The average Bonchev–Trinajstić information content (AvgIpc) is 2.39. The number of amides is 1. The molecule has 25 heavy (non-hydrogen) atoms. The normalized spacial score (nSPS) is 12.9. The predicted octanol–water partition coefficient (Wildman–Crippen LogP) is 1.92. The summed E-state index contributed by atoms with van der Waals surface area (Å²) in [5, 5.41) is 3.60. The number of rotatable bonds is 9. The van der Waals surface area contributed by atoms with Crippen LogP contribution >= 0.6 is 0 Å². The Morgan fingerprint density at radius 2 is 1.80 bits per heavy atom. The fraction of sp³-hybridized carbons (Fsp3) is 0.765. The number of Topliss-reactive ketones (excluding diaryl/α,β-unsaturated/α-hetero) is 1. The van der Waals surface area contributed by atoms with Crippen LogP contribution in [-0.2, 0) is 28.6 Å². The van der Waals surface area contributed by atoms with Crippen LogP contribution in [0, 0.1) is 0 Å². The topological polar surface area (TPSA) is 98.8 Å². The summed E-state index contributed by atoms with van der Waals surface area (Å²) in [6, 6.07) is -0.992. The van der Waals surface area contributed by atoms with Gasteiger partial charge in [0, 0.05) is 24.3 Å². The van der Waals surface area contributed by atoms with Gasteiger partial charge in [0.25, 0.3) is 0 Å². The van der Waals surface area contributed by atoms with Crippen molar-refractivity contribution >= 4 is 32.7 Å². The fourth-order valence-electron chi connectivity index (χ4n) is 1.78. The van der Waals surface area contributed by atoms with Crippen LogP contribution in [0.15, 0.2) is 0 Å². The summed E-state index contributed by atoms with van der Waals surface area (Å²) in [7, 11) is -2.31. The first-order valence-corrected chi connectivity index (χ1v) is 10.8. The van der Waals surface area contributed by atoms with Crippen LogP contribution in [0.3, 0.4) is 0 Å². The van der Waals surface area contributed by atoms with Crippen LogP contribution in [-0.4, -0.2) is 58.2 Å². The van der Waals surface area contributed by atoms with E-state index in [1.54, 1.807) is 20.8 Å². The molecule has 8 heteroatoms. The first kappa shape index (κ1) is 23.4. The van der Waals surface area contributed by atoms with E-state index in [9.17, 15) is 18.6 Å². The van der Waals surface area contributed by atoms with Gasteiger partial charge in [-0.1, -0.05) is 13.3 Å². The van der Waals surface area contributed by atoms with E-state index in [-0.39, 0.29) is 25.2 Å². The zero-order valence-electron chi connectivity index (χ0n) is 16.0. The van der Waals surface area contributed by atoms with Gasteiger partial charge in [-0.2, -0.15) is 0 Å². The van der Waals surface area contributed by atoms with Crippen LogP contribution < -0.4 is 5.32 Å². The van der Waals surface area contributed by atoms with Crippen molar-refractivity contribution in [1.82, 2.24) is 5.32 Å². The molecular formula is C17H31NO6S. The lowest BCUT2D eigenvalue weighted by Crippen LogP contribution is -2.44. The van der Waals surface area contributed by atoms with Gasteiger partial charge in [-0.05, 0) is 43.1 Å². The zero-order chi connectivity index (χ0) is 19.7. The maximum absolute atomic E-state index is 12.1. The summed E-state index contributed by atoms with van der Waals surface area (Å²) in [6.07, 6.45) is 3.77. The van der Waals surface area contributed by atoms with Gasteiger partial charge in [0.1, 0.15) is 11.6 Å².